The van der Waals surface area contributed by atoms with E-state index in [0.29, 0.717) is 0 Å². The summed E-state index contributed by atoms with van der Waals surface area (Å²) in [5.41, 5.74) is 0. The molecule has 0 aromatic rings. The lowest BCUT2D eigenvalue weighted by atomic mass is 10.2. The summed E-state index contributed by atoms with van der Waals surface area (Å²) in [4.78, 5) is 13.6. The van der Waals surface area contributed by atoms with Gasteiger partial charge in [-0.3, -0.25) is 0 Å². The highest BCUT2D eigenvalue weighted by molar-refractivity contribution is 5.68. The Labute approximate surface area is 89.5 Å². The van der Waals surface area contributed by atoms with Gasteiger partial charge in [0.05, 0.1) is 13.2 Å². The van der Waals surface area contributed by atoms with Crippen LogP contribution in [0.5, 0.6) is 0 Å². The van der Waals surface area contributed by atoms with Crippen molar-refractivity contribution in [3.63, 3.8) is 0 Å². The molecule has 3 aliphatic rings. The van der Waals surface area contributed by atoms with Crippen molar-refractivity contribution in [3.05, 3.63) is 0 Å². The van der Waals surface area contributed by atoms with Gasteiger partial charge in [0.2, 0.25) is 0 Å². The first kappa shape index (κ1) is 9.46. The third-order valence-corrected chi connectivity index (χ3v) is 3.67. The van der Waals surface area contributed by atoms with Crippen molar-refractivity contribution >= 4 is 6.09 Å². The zero-order valence-corrected chi connectivity index (χ0v) is 8.85. The molecule has 0 N–H and O–H groups in total. The Kier molecular flexibility index (Phi) is 2.31. The summed E-state index contributed by atoms with van der Waals surface area (Å²) >= 11 is 0. The molecule has 1 amide bonds. The zero-order chi connectivity index (χ0) is 10.3. The fourth-order valence-electron chi connectivity index (χ4n) is 2.56. The first-order chi connectivity index (χ1) is 7.33. The number of ether oxygens (including phenoxy) is 2. The summed E-state index contributed by atoms with van der Waals surface area (Å²) in [5, 5.41) is 0. The lowest BCUT2D eigenvalue weighted by Gasteiger charge is -2.25. The summed E-state index contributed by atoms with van der Waals surface area (Å²) in [7, 11) is 0. The van der Waals surface area contributed by atoms with E-state index in [4.69, 9.17) is 9.47 Å². The highest BCUT2D eigenvalue weighted by Crippen LogP contribution is 2.45. The van der Waals surface area contributed by atoms with Crippen molar-refractivity contribution in [2.45, 2.75) is 25.4 Å². The molecular weight excluding hydrogens is 194 g/mol. The van der Waals surface area contributed by atoms with Crippen molar-refractivity contribution in [2.24, 2.45) is 11.8 Å². The van der Waals surface area contributed by atoms with Crippen LogP contribution in [0.2, 0.25) is 0 Å². The van der Waals surface area contributed by atoms with E-state index < -0.39 is 0 Å². The SMILES string of the molecule is O=C(OC1CCOCC1)N1CC2CC2C1. The predicted octanol–water partition coefficient (Wildman–Crippen LogP) is 1.25. The van der Waals surface area contributed by atoms with Crippen LogP contribution in [0, 0.1) is 11.8 Å². The van der Waals surface area contributed by atoms with Crippen LogP contribution in [-0.4, -0.2) is 43.4 Å². The standard InChI is InChI=1S/C11H17NO3/c13-11(12-6-8-5-9(8)7-12)15-10-1-3-14-4-2-10/h8-10H,1-7H2. The summed E-state index contributed by atoms with van der Waals surface area (Å²) < 4.78 is 10.7. The topological polar surface area (TPSA) is 38.8 Å². The molecule has 2 unspecified atom stereocenters. The minimum absolute atomic E-state index is 0.0863. The van der Waals surface area contributed by atoms with Crippen LogP contribution in [0.3, 0.4) is 0 Å². The number of likely N-dealkylation sites (tertiary alicyclic amines) is 1. The quantitative estimate of drug-likeness (QED) is 0.655. The van der Waals surface area contributed by atoms with Gasteiger partial charge in [0.15, 0.2) is 0 Å². The Bertz CT molecular complexity index is 253. The van der Waals surface area contributed by atoms with Crippen molar-refractivity contribution in [2.75, 3.05) is 26.3 Å². The lowest BCUT2D eigenvalue weighted by Crippen LogP contribution is -2.35. The molecule has 4 nitrogen and oxygen atoms in total. The largest absolute Gasteiger partial charge is 0.446 e. The molecule has 0 aromatic heterocycles. The Morgan fingerprint density at radius 3 is 2.53 bits per heavy atom. The number of nitrogens with zero attached hydrogens (tertiary/aromatic N) is 1. The molecule has 0 spiro atoms. The molecule has 3 rings (SSSR count). The van der Waals surface area contributed by atoms with Crippen LogP contribution in [0.15, 0.2) is 0 Å². The van der Waals surface area contributed by atoms with Gasteiger partial charge in [0.1, 0.15) is 6.10 Å². The maximum Gasteiger partial charge on any atom is 0.410 e. The normalized spacial score (nSPS) is 35.1. The Hall–Kier alpha value is -0.770. The molecule has 84 valence electrons. The highest BCUT2D eigenvalue weighted by atomic mass is 16.6. The van der Waals surface area contributed by atoms with E-state index in [1.54, 1.807) is 0 Å². The van der Waals surface area contributed by atoms with Gasteiger partial charge >= 0.3 is 6.09 Å². The van der Waals surface area contributed by atoms with E-state index in [0.717, 1.165) is 51.0 Å². The van der Waals surface area contributed by atoms with Gasteiger partial charge in [-0.25, -0.2) is 4.79 Å². The van der Waals surface area contributed by atoms with Crippen molar-refractivity contribution in [1.29, 1.82) is 0 Å². The maximum absolute atomic E-state index is 11.7. The second-order valence-corrected chi connectivity index (χ2v) is 4.86. The van der Waals surface area contributed by atoms with Gasteiger partial charge in [-0.2, -0.15) is 0 Å². The van der Waals surface area contributed by atoms with E-state index in [1.807, 2.05) is 4.90 Å². The molecule has 1 saturated carbocycles. The molecule has 1 aliphatic carbocycles. The van der Waals surface area contributed by atoms with Crippen molar-refractivity contribution in [1.82, 2.24) is 4.90 Å². The van der Waals surface area contributed by atoms with E-state index in [9.17, 15) is 4.79 Å². The maximum atomic E-state index is 11.7. The average molecular weight is 211 g/mol. The number of carbonyl (C=O) groups is 1. The number of carbonyl (C=O) groups excluding carboxylic acids is 1. The molecule has 0 aromatic carbocycles. The van der Waals surface area contributed by atoms with E-state index in [2.05, 4.69) is 0 Å². The second-order valence-electron chi connectivity index (χ2n) is 4.86. The van der Waals surface area contributed by atoms with Gasteiger partial charge in [0.25, 0.3) is 0 Å². The minimum Gasteiger partial charge on any atom is -0.446 e. The number of rotatable bonds is 1. The van der Waals surface area contributed by atoms with Crippen LogP contribution in [0.1, 0.15) is 19.3 Å². The molecule has 0 bridgehead atoms. The summed E-state index contributed by atoms with van der Waals surface area (Å²) in [6, 6.07) is 0. The lowest BCUT2D eigenvalue weighted by molar-refractivity contribution is -0.00913. The zero-order valence-electron chi connectivity index (χ0n) is 8.85. The van der Waals surface area contributed by atoms with Crippen LogP contribution in [-0.2, 0) is 9.47 Å². The molecule has 0 radical (unpaired) electrons. The summed E-state index contributed by atoms with van der Waals surface area (Å²) in [5.74, 6) is 1.57. The first-order valence-corrected chi connectivity index (χ1v) is 5.86. The molecular formula is C11H17NO3. The van der Waals surface area contributed by atoms with Crippen molar-refractivity contribution in [3.8, 4) is 0 Å². The third kappa shape index (κ3) is 1.95. The number of hydrogen-bond donors (Lipinski definition) is 0. The monoisotopic (exact) mass is 211 g/mol. The van der Waals surface area contributed by atoms with Gasteiger partial charge in [-0.1, -0.05) is 0 Å². The molecule has 4 heteroatoms. The molecule has 15 heavy (non-hydrogen) atoms. The molecule has 2 aliphatic heterocycles. The van der Waals surface area contributed by atoms with E-state index in [-0.39, 0.29) is 12.2 Å². The first-order valence-electron chi connectivity index (χ1n) is 5.86. The second kappa shape index (κ2) is 3.67. The Balaban J connectivity index is 1.47. The Morgan fingerprint density at radius 2 is 1.87 bits per heavy atom. The fraction of sp³-hybridized carbons (Fsp3) is 0.909. The fourth-order valence-corrected chi connectivity index (χ4v) is 2.56. The van der Waals surface area contributed by atoms with Gasteiger partial charge in [0, 0.05) is 25.9 Å². The van der Waals surface area contributed by atoms with Gasteiger partial charge in [-0.05, 0) is 18.3 Å². The number of piperidine rings is 1. The predicted molar refractivity (Wildman–Crippen MR) is 53.5 cm³/mol. The summed E-state index contributed by atoms with van der Waals surface area (Å²) in [6.07, 6.45) is 3.01. The van der Waals surface area contributed by atoms with E-state index >= 15 is 0 Å². The molecule has 3 fully saturated rings. The molecule has 2 atom stereocenters. The average Bonchev–Trinajstić information content (AvgIpc) is 2.87. The Morgan fingerprint density at radius 1 is 1.20 bits per heavy atom. The van der Waals surface area contributed by atoms with E-state index in [1.165, 1.54) is 6.42 Å². The third-order valence-electron chi connectivity index (χ3n) is 3.67. The van der Waals surface area contributed by atoms with Crippen LogP contribution in [0.25, 0.3) is 0 Å². The molecule has 2 heterocycles. The van der Waals surface area contributed by atoms with Crippen molar-refractivity contribution < 1.29 is 14.3 Å². The van der Waals surface area contributed by atoms with Crippen LogP contribution < -0.4 is 0 Å². The van der Waals surface area contributed by atoms with Crippen LogP contribution in [0.4, 0.5) is 4.79 Å². The van der Waals surface area contributed by atoms with Gasteiger partial charge < -0.3 is 14.4 Å². The highest BCUT2D eigenvalue weighted by Gasteiger charge is 2.47. The van der Waals surface area contributed by atoms with Gasteiger partial charge in [-0.15, -0.1) is 0 Å². The van der Waals surface area contributed by atoms with Crippen LogP contribution >= 0.6 is 0 Å². The number of amides is 1. The minimum atomic E-state index is -0.103. The smallest absolute Gasteiger partial charge is 0.410 e. The number of hydrogen-bond acceptors (Lipinski definition) is 3. The summed E-state index contributed by atoms with van der Waals surface area (Å²) in [6.45, 7) is 3.30. The molecule has 2 saturated heterocycles. The number of fused-ring (bicyclic) bond motifs is 1.